The van der Waals surface area contributed by atoms with E-state index in [2.05, 4.69) is 10.2 Å². The molecule has 0 spiro atoms. The molecule has 0 saturated carbocycles. The zero-order valence-corrected chi connectivity index (χ0v) is 13.0. The van der Waals surface area contributed by atoms with Crippen molar-refractivity contribution < 1.29 is 4.79 Å². The molecule has 1 aliphatic heterocycles. The molecule has 5 nitrogen and oxygen atoms in total. The van der Waals surface area contributed by atoms with Crippen molar-refractivity contribution in [2.24, 2.45) is 0 Å². The van der Waals surface area contributed by atoms with Crippen LogP contribution in [0, 0.1) is 6.92 Å². The summed E-state index contributed by atoms with van der Waals surface area (Å²) in [4.78, 5) is 14.7. The molecule has 1 unspecified atom stereocenters. The number of likely N-dealkylation sites (tertiary alicyclic amines) is 1. The molecule has 114 valence electrons. The average molecular weight is 317 g/mol. The molecule has 0 aliphatic carbocycles. The number of carbonyl (C=O) groups excluding carboxylic acids is 1. The fourth-order valence-electron chi connectivity index (χ4n) is 2.84. The first kappa shape index (κ1) is 14.8. The third kappa shape index (κ3) is 2.64. The van der Waals surface area contributed by atoms with Crippen LogP contribution in [-0.2, 0) is 0 Å². The lowest BCUT2D eigenvalue weighted by Crippen LogP contribution is -2.31. The number of halogens is 1. The van der Waals surface area contributed by atoms with Crippen LogP contribution in [0.25, 0.3) is 0 Å². The molecule has 1 aromatic heterocycles. The maximum absolute atomic E-state index is 12.9. The maximum atomic E-state index is 12.9. The minimum atomic E-state index is -0.0565. The molecule has 2 aromatic rings. The van der Waals surface area contributed by atoms with Crippen LogP contribution < -0.4 is 5.73 Å². The Balaban J connectivity index is 1.91. The third-order valence-corrected chi connectivity index (χ3v) is 4.47. The third-order valence-electron chi connectivity index (χ3n) is 4.06. The van der Waals surface area contributed by atoms with Gasteiger partial charge in [-0.25, -0.2) is 0 Å². The molecule has 0 bridgehead atoms. The summed E-state index contributed by atoms with van der Waals surface area (Å²) in [5.74, 6) is 0.367. The quantitative estimate of drug-likeness (QED) is 0.924. The fraction of sp³-hybridized carbons (Fsp3) is 0.312. The Labute approximate surface area is 134 Å². The van der Waals surface area contributed by atoms with Gasteiger partial charge in [0.15, 0.2) is 0 Å². The number of hydrogen-bond acceptors (Lipinski definition) is 4. The van der Waals surface area contributed by atoms with Gasteiger partial charge in [0.1, 0.15) is 5.82 Å². The summed E-state index contributed by atoms with van der Waals surface area (Å²) in [6, 6.07) is 8.90. The Morgan fingerprint density at radius 2 is 2.14 bits per heavy atom. The van der Waals surface area contributed by atoms with Crippen LogP contribution in [0.3, 0.4) is 0 Å². The summed E-state index contributed by atoms with van der Waals surface area (Å²) in [6.07, 6.45) is 1.83. The van der Waals surface area contributed by atoms with Crippen molar-refractivity contribution in [1.82, 2.24) is 15.1 Å². The van der Waals surface area contributed by atoms with Gasteiger partial charge >= 0.3 is 0 Å². The number of benzene rings is 1. The zero-order valence-electron chi connectivity index (χ0n) is 12.3. The van der Waals surface area contributed by atoms with Crippen LogP contribution in [0.15, 0.2) is 30.3 Å². The minimum Gasteiger partial charge on any atom is -0.382 e. The van der Waals surface area contributed by atoms with E-state index in [0.717, 1.165) is 24.1 Å². The molecule has 0 radical (unpaired) electrons. The van der Waals surface area contributed by atoms with Crippen molar-refractivity contribution in [2.45, 2.75) is 25.8 Å². The van der Waals surface area contributed by atoms with Crippen molar-refractivity contribution in [3.8, 4) is 0 Å². The number of carbonyl (C=O) groups is 1. The first-order chi connectivity index (χ1) is 10.6. The van der Waals surface area contributed by atoms with E-state index in [0.29, 0.717) is 22.9 Å². The lowest BCUT2D eigenvalue weighted by atomic mass is 10.1. The molecule has 2 N–H and O–H groups in total. The van der Waals surface area contributed by atoms with Crippen LogP contribution in [0.5, 0.6) is 0 Å². The van der Waals surface area contributed by atoms with Crippen molar-refractivity contribution in [3.05, 3.63) is 52.2 Å². The largest absolute Gasteiger partial charge is 0.382 e. The number of amides is 1. The molecule has 1 atom stereocenters. The van der Waals surface area contributed by atoms with Crippen LogP contribution in [-0.4, -0.2) is 27.5 Å². The number of nitrogen functional groups attached to an aromatic ring is 1. The molecule has 1 saturated heterocycles. The van der Waals surface area contributed by atoms with Crippen molar-refractivity contribution in [3.63, 3.8) is 0 Å². The van der Waals surface area contributed by atoms with Gasteiger partial charge in [0, 0.05) is 17.1 Å². The second kappa shape index (κ2) is 5.93. The van der Waals surface area contributed by atoms with Gasteiger partial charge in [-0.1, -0.05) is 17.7 Å². The number of aromatic nitrogens is 2. The Kier molecular flexibility index (Phi) is 3.98. The normalized spacial score (nSPS) is 17.7. The van der Waals surface area contributed by atoms with Gasteiger partial charge in [-0.15, -0.1) is 5.10 Å². The summed E-state index contributed by atoms with van der Waals surface area (Å²) >= 11 is 6.13. The lowest BCUT2D eigenvalue weighted by molar-refractivity contribution is 0.0731. The Morgan fingerprint density at radius 3 is 2.86 bits per heavy atom. The average Bonchev–Trinajstić information content (AvgIpc) is 2.99. The van der Waals surface area contributed by atoms with E-state index in [1.807, 2.05) is 24.0 Å². The number of anilines is 1. The van der Waals surface area contributed by atoms with Gasteiger partial charge in [0.2, 0.25) is 0 Å². The van der Waals surface area contributed by atoms with Gasteiger partial charge in [-0.05, 0) is 49.6 Å². The van der Waals surface area contributed by atoms with E-state index >= 15 is 0 Å². The van der Waals surface area contributed by atoms with Crippen molar-refractivity contribution in [2.75, 3.05) is 12.3 Å². The smallest absolute Gasteiger partial charge is 0.254 e. The maximum Gasteiger partial charge on any atom is 0.254 e. The van der Waals surface area contributed by atoms with E-state index in [4.69, 9.17) is 17.3 Å². The monoisotopic (exact) mass is 316 g/mol. The highest BCUT2D eigenvalue weighted by Crippen LogP contribution is 2.33. The van der Waals surface area contributed by atoms with Crippen LogP contribution in [0.1, 0.15) is 40.5 Å². The molecule has 6 heteroatoms. The van der Waals surface area contributed by atoms with E-state index in [1.165, 1.54) is 0 Å². The minimum absolute atomic E-state index is 0.0128. The second-order valence-corrected chi connectivity index (χ2v) is 5.86. The topological polar surface area (TPSA) is 72.1 Å². The van der Waals surface area contributed by atoms with E-state index in [9.17, 15) is 4.79 Å². The van der Waals surface area contributed by atoms with Gasteiger partial charge in [-0.3, -0.25) is 4.79 Å². The van der Waals surface area contributed by atoms with Gasteiger partial charge in [0.25, 0.3) is 5.91 Å². The number of nitrogens with two attached hydrogens (primary N) is 1. The highest BCUT2D eigenvalue weighted by molar-refractivity contribution is 6.31. The number of hydrogen-bond donors (Lipinski definition) is 1. The Bertz CT molecular complexity index is 702. The first-order valence-electron chi connectivity index (χ1n) is 7.23. The Hall–Kier alpha value is -2.14. The molecule has 22 heavy (non-hydrogen) atoms. The van der Waals surface area contributed by atoms with Crippen LogP contribution in [0.2, 0.25) is 5.02 Å². The second-order valence-electron chi connectivity index (χ2n) is 5.45. The zero-order chi connectivity index (χ0) is 15.7. The van der Waals surface area contributed by atoms with Gasteiger partial charge < -0.3 is 10.6 Å². The van der Waals surface area contributed by atoms with E-state index in [-0.39, 0.29) is 11.9 Å². The fourth-order valence-corrected chi connectivity index (χ4v) is 3.02. The van der Waals surface area contributed by atoms with Crippen LogP contribution >= 0.6 is 11.6 Å². The number of rotatable bonds is 2. The summed E-state index contributed by atoms with van der Waals surface area (Å²) in [5.41, 5.74) is 7.81. The molecule has 1 aromatic carbocycles. The summed E-state index contributed by atoms with van der Waals surface area (Å²) in [7, 11) is 0. The lowest BCUT2D eigenvalue weighted by Gasteiger charge is -2.25. The summed E-state index contributed by atoms with van der Waals surface area (Å²) in [5, 5.41) is 8.63. The predicted molar refractivity (Wildman–Crippen MR) is 85.6 cm³/mol. The summed E-state index contributed by atoms with van der Waals surface area (Å²) < 4.78 is 0. The van der Waals surface area contributed by atoms with Crippen molar-refractivity contribution >= 4 is 23.3 Å². The van der Waals surface area contributed by atoms with E-state index in [1.54, 1.807) is 18.2 Å². The number of nitrogens with zero attached hydrogens (tertiary/aromatic N) is 3. The standard InChI is InChI=1S/C16H17ClN4O/c1-10-11(4-2-5-12(10)17)16(22)21-9-3-6-14(21)13-7-8-15(18)20-19-13/h2,4-5,7-8,14H,3,6,9H2,1H3,(H2,18,20). The Morgan fingerprint density at radius 1 is 1.32 bits per heavy atom. The van der Waals surface area contributed by atoms with E-state index < -0.39 is 0 Å². The highest BCUT2D eigenvalue weighted by atomic mass is 35.5. The molecule has 1 fully saturated rings. The molecule has 3 rings (SSSR count). The van der Waals surface area contributed by atoms with Gasteiger partial charge in [0.05, 0.1) is 11.7 Å². The molecule has 1 aliphatic rings. The van der Waals surface area contributed by atoms with Gasteiger partial charge in [-0.2, -0.15) is 5.10 Å². The first-order valence-corrected chi connectivity index (χ1v) is 7.61. The van der Waals surface area contributed by atoms with Crippen molar-refractivity contribution in [1.29, 1.82) is 0 Å². The molecular weight excluding hydrogens is 300 g/mol. The predicted octanol–water partition coefficient (Wildman–Crippen LogP) is 3.00. The van der Waals surface area contributed by atoms with Crippen LogP contribution in [0.4, 0.5) is 5.82 Å². The highest BCUT2D eigenvalue weighted by Gasteiger charge is 2.32. The molecular formula is C16H17ClN4O. The molecule has 1 amide bonds. The summed E-state index contributed by atoms with van der Waals surface area (Å²) in [6.45, 7) is 2.57. The SMILES string of the molecule is Cc1c(Cl)cccc1C(=O)N1CCCC1c1ccc(N)nn1. The molecule has 2 heterocycles.